The summed E-state index contributed by atoms with van der Waals surface area (Å²) in [5, 5.41) is 0.922. The van der Waals surface area contributed by atoms with E-state index in [4.69, 9.17) is 34.8 Å². The molecule has 0 saturated heterocycles. The van der Waals surface area contributed by atoms with E-state index in [1.165, 1.54) is 0 Å². The van der Waals surface area contributed by atoms with E-state index in [1.807, 2.05) is 24.3 Å². The number of alkyl halides is 3. The number of benzene rings is 1. The molecule has 14 heavy (non-hydrogen) atoms. The monoisotopic (exact) mass is 246 g/mol. The number of para-hydroxylation sites is 1. The predicted octanol–water partition coefficient (Wildman–Crippen LogP) is 3.46. The van der Waals surface area contributed by atoms with Crippen molar-refractivity contribution in [3.05, 3.63) is 36.3 Å². The van der Waals surface area contributed by atoms with Gasteiger partial charge in [0, 0.05) is 11.6 Å². The number of fused-ring (bicyclic) bond motifs is 1. The fourth-order valence-corrected chi connectivity index (χ4v) is 1.38. The second-order valence-corrected chi connectivity index (χ2v) is 5.03. The van der Waals surface area contributed by atoms with E-state index in [-0.39, 0.29) is 5.82 Å². The Bertz CT molecular complexity index is 465. The van der Waals surface area contributed by atoms with Gasteiger partial charge in [0.25, 0.3) is 0 Å². The van der Waals surface area contributed by atoms with Gasteiger partial charge in [-0.25, -0.2) is 9.97 Å². The summed E-state index contributed by atoms with van der Waals surface area (Å²) in [6.07, 6.45) is 1.64. The van der Waals surface area contributed by atoms with Crippen molar-refractivity contribution in [2.75, 3.05) is 0 Å². The van der Waals surface area contributed by atoms with Crippen LogP contribution in [0, 0.1) is 0 Å². The molecule has 2 aromatic rings. The van der Waals surface area contributed by atoms with Gasteiger partial charge in [0.05, 0.1) is 5.52 Å². The minimum atomic E-state index is -1.57. The molecule has 0 bridgehead atoms. The van der Waals surface area contributed by atoms with Crippen LogP contribution in [-0.2, 0) is 3.79 Å². The number of nitrogens with zero attached hydrogens (tertiary/aromatic N) is 2. The molecular formula is C9H5Cl3N2. The molecule has 2 rings (SSSR count). The van der Waals surface area contributed by atoms with Crippen molar-refractivity contribution in [3.63, 3.8) is 0 Å². The third kappa shape index (κ3) is 1.92. The van der Waals surface area contributed by atoms with E-state index >= 15 is 0 Å². The average molecular weight is 248 g/mol. The number of hydrogen-bond acceptors (Lipinski definition) is 2. The van der Waals surface area contributed by atoms with Gasteiger partial charge in [0.15, 0.2) is 5.82 Å². The van der Waals surface area contributed by atoms with E-state index in [2.05, 4.69) is 9.97 Å². The molecule has 0 aliphatic heterocycles. The molecule has 0 amide bonds. The first-order valence-electron chi connectivity index (χ1n) is 3.86. The summed E-state index contributed by atoms with van der Waals surface area (Å²) in [5.74, 6) is 0.196. The SMILES string of the molecule is ClC(Cl)(Cl)c1ncc2ccccc2n1. The van der Waals surface area contributed by atoms with E-state index in [0.29, 0.717) is 0 Å². The van der Waals surface area contributed by atoms with Crippen molar-refractivity contribution in [1.82, 2.24) is 9.97 Å². The minimum Gasteiger partial charge on any atom is -0.236 e. The first-order valence-corrected chi connectivity index (χ1v) is 5.00. The molecule has 0 saturated carbocycles. The second kappa shape index (κ2) is 3.54. The molecule has 0 N–H and O–H groups in total. The maximum atomic E-state index is 5.66. The van der Waals surface area contributed by atoms with Crippen LogP contribution in [0.3, 0.4) is 0 Å². The summed E-state index contributed by atoms with van der Waals surface area (Å²) in [5.41, 5.74) is 0.767. The van der Waals surface area contributed by atoms with Crippen LogP contribution < -0.4 is 0 Å². The predicted molar refractivity (Wildman–Crippen MR) is 58.8 cm³/mol. The number of rotatable bonds is 0. The molecule has 0 aliphatic rings. The molecule has 72 valence electrons. The summed E-state index contributed by atoms with van der Waals surface area (Å²) in [6.45, 7) is 0. The van der Waals surface area contributed by atoms with Crippen LogP contribution >= 0.6 is 34.8 Å². The average Bonchev–Trinajstić information content (AvgIpc) is 2.16. The minimum absolute atomic E-state index is 0.196. The zero-order chi connectivity index (χ0) is 10.2. The lowest BCUT2D eigenvalue weighted by Gasteiger charge is -2.08. The molecule has 0 radical (unpaired) electrons. The van der Waals surface area contributed by atoms with Crippen LogP contribution in [0.5, 0.6) is 0 Å². The first kappa shape index (κ1) is 9.97. The van der Waals surface area contributed by atoms with Crippen LogP contribution in [0.15, 0.2) is 30.5 Å². The smallest absolute Gasteiger partial charge is 0.236 e. The van der Waals surface area contributed by atoms with E-state index in [9.17, 15) is 0 Å². The molecule has 0 atom stereocenters. The molecule has 1 aromatic heterocycles. The van der Waals surface area contributed by atoms with Gasteiger partial charge < -0.3 is 0 Å². The highest BCUT2D eigenvalue weighted by atomic mass is 35.6. The maximum Gasteiger partial charge on any atom is 0.250 e. The molecule has 1 aromatic carbocycles. The van der Waals surface area contributed by atoms with Gasteiger partial charge in [-0.15, -0.1) is 0 Å². The molecule has 0 spiro atoms. The van der Waals surface area contributed by atoms with Crippen LogP contribution in [0.4, 0.5) is 0 Å². The Morgan fingerprint density at radius 1 is 1.07 bits per heavy atom. The van der Waals surface area contributed by atoms with E-state index in [1.54, 1.807) is 6.20 Å². The zero-order valence-corrected chi connectivity index (χ0v) is 9.18. The van der Waals surface area contributed by atoms with E-state index < -0.39 is 3.79 Å². The van der Waals surface area contributed by atoms with E-state index in [0.717, 1.165) is 10.9 Å². The second-order valence-electron chi connectivity index (χ2n) is 2.75. The number of halogens is 3. The highest BCUT2D eigenvalue weighted by molar-refractivity contribution is 6.66. The molecule has 2 nitrogen and oxygen atoms in total. The first-order chi connectivity index (χ1) is 6.57. The van der Waals surface area contributed by atoms with Crippen molar-refractivity contribution in [2.45, 2.75) is 3.79 Å². The number of aromatic nitrogens is 2. The standard InChI is InChI=1S/C9H5Cl3N2/c10-9(11,12)8-13-5-6-3-1-2-4-7(6)14-8/h1-5H. The third-order valence-corrected chi connectivity index (χ3v) is 2.25. The van der Waals surface area contributed by atoms with Gasteiger partial charge in [0.2, 0.25) is 3.79 Å². The van der Waals surface area contributed by atoms with Crippen molar-refractivity contribution < 1.29 is 0 Å². The van der Waals surface area contributed by atoms with Crippen molar-refractivity contribution in [3.8, 4) is 0 Å². The lowest BCUT2D eigenvalue weighted by Crippen LogP contribution is -2.06. The van der Waals surface area contributed by atoms with Gasteiger partial charge in [-0.1, -0.05) is 53.0 Å². The highest BCUT2D eigenvalue weighted by Crippen LogP contribution is 2.35. The topological polar surface area (TPSA) is 25.8 Å². The Labute approximate surface area is 95.8 Å². The summed E-state index contributed by atoms with van der Waals surface area (Å²) in [7, 11) is 0. The summed E-state index contributed by atoms with van der Waals surface area (Å²) in [6, 6.07) is 7.52. The molecule has 0 unspecified atom stereocenters. The highest BCUT2D eigenvalue weighted by Gasteiger charge is 2.26. The summed E-state index contributed by atoms with van der Waals surface area (Å²) < 4.78 is -1.57. The molecular weight excluding hydrogens is 242 g/mol. The fraction of sp³-hybridized carbons (Fsp3) is 0.111. The fourth-order valence-electron chi connectivity index (χ4n) is 1.11. The van der Waals surface area contributed by atoms with Gasteiger partial charge in [-0.2, -0.15) is 0 Å². The van der Waals surface area contributed by atoms with Crippen molar-refractivity contribution in [2.24, 2.45) is 0 Å². The largest absolute Gasteiger partial charge is 0.250 e. The third-order valence-electron chi connectivity index (χ3n) is 1.74. The molecule has 0 fully saturated rings. The van der Waals surface area contributed by atoms with Gasteiger partial charge in [-0.05, 0) is 6.07 Å². The lowest BCUT2D eigenvalue weighted by molar-refractivity contribution is 0.996. The van der Waals surface area contributed by atoms with Crippen LogP contribution in [0.1, 0.15) is 5.82 Å². The summed E-state index contributed by atoms with van der Waals surface area (Å²) in [4.78, 5) is 8.11. The Hall–Kier alpha value is -0.570. The van der Waals surface area contributed by atoms with Gasteiger partial charge in [-0.3, -0.25) is 0 Å². The van der Waals surface area contributed by atoms with Crippen LogP contribution in [0.2, 0.25) is 0 Å². The number of hydrogen-bond donors (Lipinski definition) is 0. The van der Waals surface area contributed by atoms with Crippen molar-refractivity contribution >= 4 is 45.7 Å². The van der Waals surface area contributed by atoms with Crippen molar-refractivity contribution in [1.29, 1.82) is 0 Å². The Morgan fingerprint density at radius 3 is 2.50 bits per heavy atom. The lowest BCUT2D eigenvalue weighted by atomic mass is 10.2. The zero-order valence-electron chi connectivity index (χ0n) is 6.92. The van der Waals surface area contributed by atoms with Gasteiger partial charge >= 0.3 is 0 Å². The Kier molecular flexibility index (Phi) is 2.52. The summed E-state index contributed by atoms with van der Waals surface area (Å²) >= 11 is 17.0. The van der Waals surface area contributed by atoms with Gasteiger partial charge in [0.1, 0.15) is 0 Å². The Morgan fingerprint density at radius 2 is 1.79 bits per heavy atom. The van der Waals surface area contributed by atoms with Crippen LogP contribution in [0.25, 0.3) is 10.9 Å². The quantitative estimate of drug-likeness (QED) is 0.666. The Balaban J connectivity index is 2.63. The maximum absolute atomic E-state index is 5.66. The molecule has 0 aliphatic carbocycles. The normalized spacial score (nSPS) is 11.9. The van der Waals surface area contributed by atoms with Crippen LogP contribution in [-0.4, -0.2) is 9.97 Å². The molecule has 1 heterocycles. The molecule has 5 heteroatoms.